The molecule has 0 atom stereocenters. The first kappa shape index (κ1) is 12.7. The molecule has 0 amide bonds. The van der Waals surface area contributed by atoms with E-state index in [1.807, 2.05) is 20.8 Å². The van der Waals surface area contributed by atoms with Gasteiger partial charge in [-0.2, -0.15) is 0 Å². The monoisotopic (exact) mass is 222 g/mol. The smallest absolute Gasteiger partial charge is 0.169 e. The van der Waals surface area contributed by atoms with Gasteiger partial charge in [-0.05, 0) is 13.0 Å². The number of phenols is 1. The average Bonchev–Trinajstić information content (AvgIpc) is 2.26. The predicted molar refractivity (Wildman–Crippen MR) is 62.6 cm³/mol. The second-order valence-electron chi connectivity index (χ2n) is 3.97. The second kappa shape index (κ2) is 5.66. The lowest BCUT2D eigenvalue weighted by molar-refractivity contribution is 0.0935. The summed E-state index contributed by atoms with van der Waals surface area (Å²) < 4.78 is 5.22. The molecule has 3 heteroatoms. The third-order valence-corrected chi connectivity index (χ3v) is 2.37. The molecule has 0 saturated heterocycles. The third-order valence-electron chi connectivity index (χ3n) is 2.37. The molecule has 0 aliphatic heterocycles. The fraction of sp³-hybridized carbons (Fsp3) is 0.462. The molecule has 0 aliphatic carbocycles. The first-order valence-electron chi connectivity index (χ1n) is 5.50. The zero-order chi connectivity index (χ0) is 12.1. The summed E-state index contributed by atoms with van der Waals surface area (Å²) in [6, 6.07) is 5.18. The zero-order valence-electron chi connectivity index (χ0n) is 9.99. The van der Waals surface area contributed by atoms with E-state index in [4.69, 9.17) is 4.74 Å². The number of ketones is 1. The van der Waals surface area contributed by atoms with Crippen molar-refractivity contribution in [3.63, 3.8) is 0 Å². The molecule has 1 N–H and O–H groups in total. The van der Waals surface area contributed by atoms with E-state index in [1.165, 1.54) is 0 Å². The summed E-state index contributed by atoms with van der Waals surface area (Å²) in [5.41, 5.74) is 1.04. The molecule has 0 saturated carbocycles. The maximum atomic E-state index is 11.8. The first-order chi connectivity index (χ1) is 7.57. The molecule has 88 valence electrons. The van der Waals surface area contributed by atoms with Crippen molar-refractivity contribution in [3.8, 4) is 5.75 Å². The highest BCUT2D eigenvalue weighted by molar-refractivity contribution is 6.00. The Morgan fingerprint density at radius 2 is 2.12 bits per heavy atom. The van der Waals surface area contributed by atoms with Gasteiger partial charge in [0.05, 0.1) is 12.2 Å². The second-order valence-corrected chi connectivity index (χ2v) is 3.97. The molecule has 16 heavy (non-hydrogen) atoms. The largest absolute Gasteiger partial charge is 0.507 e. The standard InChI is InChI=1S/C13H18O3/c1-4-16-8-10-6-5-7-11(13(10)15)12(14)9(2)3/h5-7,9,15H,4,8H2,1-3H3. The topological polar surface area (TPSA) is 46.5 Å². The van der Waals surface area contributed by atoms with Crippen molar-refractivity contribution in [2.24, 2.45) is 5.92 Å². The highest BCUT2D eigenvalue weighted by Crippen LogP contribution is 2.25. The Balaban J connectivity index is 2.99. The van der Waals surface area contributed by atoms with E-state index in [-0.39, 0.29) is 17.5 Å². The summed E-state index contributed by atoms with van der Waals surface area (Å²) in [5.74, 6) is -0.112. The van der Waals surface area contributed by atoms with Crippen molar-refractivity contribution < 1.29 is 14.6 Å². The van der Waals surface area contributed by atoms with Crippen LogP contribution in [0.2, 0.25) is 0 Å². The molecule has 0 aliphatic rings. The first-order valence-corrected chi connectivity index (χ1v) is 5.50. The number of carbonyl (C=O) groups excluding carboxylic acids is 1. The summed E-state index contributed by atoms with van der Waals surface area (Å²) in [6.07, 6.45) is 0. The molecule has 3 nitrogen and oxygen atoms in total. The number of Topliss-reactive ketones (excluding diaryl/α,β-unsaturated/α-hetero) is 1. The fourth-order valence-electron chi connectivity index (χ4n) is 1.43. The SMILES string of the molecule is CCOCc1cccc(C(=O)C(C)C)c1O. The van der Waals surface area contributed by atoms with Gasteiger partial charge in [-0.25, -0.2) is 0 Å². The number of hydrogen-bond donors (Lipinski definition) is 1. The molecule has 1 aromatic carbocycles. The lowest BCUT2D eigenvalue weighted by Gasteiger charge is -2.10. The quantitative estimate of drug-likeness (QED) is 0.779. The summed E-state index contributed by atoms with van der Waals surface area (Å²) in [7, 11) is 0. The van der Waals surface area contributed by atoms with E-state index in [0.29, 0.717) is 24.3 Å². The molecular formula is C13H18O3. The number of rotatable bonds is 5. The minimum Gasteiger partial charge on any atom is -0.507 e. The molecule has 0 unspecified atom stereocenters. The van der Waals surface area contributed by atoms with Gasteiger partial charge >= 0.3 is 0 Å². The van der Waals surface area contributed by atoms with Gasteiger partial charge in [-0.3, -0.25) is 4.79 Å². The van der Waals surface area contributed by atoms with Crippen LogP contribution in [0.1, 0.15) is 36.7 Å². The van der Waals surface area contributed by atoms with Crippen LogP contribution in [0.3, 0.4) is 0 Å². The minimum atomic E-state index is -0.117. The molecule has 0 heterocycles. The van der Waals surface area contributed by atoms with Gasteiger partial charge in [0.15, 0.2) is 5.78 Å². The summed E-state index contributed by atoms with van der Waals surface area (Å²) in [5, 5.41) is 9.93. The van der Waals surface area contributed by atoms with Crippen molar-refractivity contribution in [3.05, 3.63) is 29.3 Å². The van der Waals surface area contributed by atoms with Gasteiger partial charge in [0.25, 0.3) is 0 Å². The molecule has 0 aromatic heterocycles. The van der Waals surface area contributed by atoms with Gasteiger partial charge in [0.2, 0.25) is 0 Å². The Kier molecular flexibility index (Phi) is 4.50. The van der Waals surface area contributed by atoms with Gasteiger partial charge < -0.3 is 9.84 Å². The molecule has 1 rings (SSSR count). The molecular weight excluding hydrogens is 204 g/mol. The Morgan fingerprint density at radius 3 is 2.69 bits per heavy atom. The van der Waals surface area contributed by atoms with Gasteiger partial charge in [-0.15, -0.1) is 0 Å². The van der Waals surface area contributed by atoms with E-state index in [0.717, 1.165) is 0 Å². The zero-order valence-corrected chi connectivity index (χ0v) is 9.99. The van der Waals surface area contributed by atoms with Crippen LogP contribution in [0.5, 0.6) is 5.75 Å². The van der Waals surface area contributed by atoms with E-state index < -0.39 is 0 Å². The minimum absolute atomic E-state index is 0.0455. The molecule has 0 radical (unpaired) electrons. The van der Waals surface area contributed by atoms with E-state index in [2.05, 4.69) is 0 Å². The maximum Gasteiger partial charge on any atom is 0.169 e. The van der Waals surface area contributed by atoms with Gasteiger partial charge in [-0.1, -0.05) is 26.0 Å². The highest BCUT2D eigenvalue weighted by atomic mass is 16.5. The van der Waals surface area contributed by atoms with Crippen molar-refractivity contribution in [2.45, 2.75) is 27.4 Å². The van der Waals surface area contributed by atoms with Crippen molar-refractivity contribution in [1.82, 2.24) is 0 Å². The van der Waals surface area contributed by atoms with Crippen molar-refractivity contribution in [2.75, 3.05) is 6.61 Å². The number of ether oxygens (including phenoxy) is 1. The third kappa shape index (κ3) is 2.83. The van der Waals surface area contributed by atoms with Crippen LogP contribution in [0.25, 0.3) is 0 Å². The molecule has 0 bridgehead atoms. The number of carbonyl (C=O) groups is 1. The highest BCUT2D eigenvalue weighted by Gasteiger charge is 2.16. The predicted octanol–water partition coefficient (Wildman–Crippen LogP) is 2.77. The van der Waals surface area contributed by atoms with Crippen LogP contribution in [-0.4, -0.2) is 17.5 Å². The van der Waals surface area contributed by atoms with Gasteiger partial charge in [0.1, 0.15) is 5.75 Å². The Labute approximate surface area is 96.1 Å². The van der Waals surface area contributed by atoms with Crippen LogP contribution < -0.4 is 0 Å². The summed E-state index contributed by atoms with van der Waals surface area (Å²) >= 11 is 0. The lowest BCUT2D eigenvalue weighted by Crippen LogP contribution is -2.08. The molecule has 0 fully saturated rings. The Hall–Kier alpha value is -1.35. The van der Waals surface area contributed by atoms with Crippen LogP contribution in [0.15, 0.2) is 18.2 Å². The average molecular weight is 222 g/mol. The van der Waals surface area contributed by atoms with Crippen LogP contribution in [0, 0.1) is 5.92 Å². The number of benzene rings is 1. The summed E-state index contributed by atoms with van der Waals surface area (Å²) in [6.45, 7) is 6.44. The summed E-state index contributed by atoms with van der Waals surface area (Å²) in [4.78, 5) is 11.8. The van der Waals surface area contributed by atoms with E-state index >= 15 is 0 Å². The molecule has 1 aromatic rings. The van der Waals surface area contributed by atoms with E-state index in [1.54, 1.807) is 18.2 Å². The van der Waals surface area contributed by atoms with Crippen LogP contribution >= 0.6 is 0 Å². The van der Waals surface area contributed by atoms with E-state index in [9.17, 15) is 9.90 Å². The number of phenolic OH excluding ortho intramolecular Hbond substituents is 1. The Bertz CT molecular complexity index is 369. The maximum absolute atomic E-state index is 11.8. The lowest BCUT2D eigenvalue weighted by atomic mass is 9.98. The number of hydrogen-bond acceptors (Lipinski definition) is 3. The molecule has 0 spiro atoms. The van der Waals surface area contributed by atoms with Crippen LogP contribution in [0.4, 0.5) is 0 Å². The van der Waals surface area contributed by atoms with Crippen LogP contribution in [-0.2, 0) is 11.3 Å². The van der Waals surface area contributed by atoms with Crippen molar-refractivity contribution in [1.29, 1.82) is 0 Å². The van der Waals surface area contributed by atoms with Crippen molar-refractivity contribution >= 4 is 5.78 Å². The van der Waals surface area contributed by atoms with Gasteiger partial charge in [0, 0.05) is 18.1 Å². The number of aromatic hydroxyl groups is 1. The fourth-order valence-corrected chi connectivity index (χ4v) is 1.43. The normalized spacial score (nSPS) is 10.8. The Morgan fingerprint density at radius 1 is 1.44 bits per heavy atom. The number of para-hydroxylation sites is 1.